The Morgan fingerprint density at radius 2 is 2.53 bits per heavy atom. The van der Waals surface area contributed by atoms with Crippen molar-refractivity contribution in [3.8, 4) is 0 Å². The smallest absolute Gasteiger partial charge is 0.140 e. The number of hydrogen-bond donors (Lipinski definition) is 1. The molecule has 0 aliphatic carbocycles. The molecule has 0 bridgehead atoms. The summed E-state index contributed by atoms with van der Waals surface area (Å²) in [7, 11) is 0. The van der Waals surface area contributed by atoms with Crippen LogP contribution in [0.25, 0.3) is 0 Å². The molecule has 4 heteroatoms. The molecule has 0 saturated carbocycles. The molecule has 2 rings (SSSR count). The van der Waals surface area contributed by atoms with Crippen molar-refractivity contribution in [1.82, 2.24) is 4.98 Å². The summed E-state index contributed by atoms with van der Waals surface area (Å²) < 4.78 is 6.55. The lowest BCUT2D eigenvalue weighted by atomic mass is 10.2. The van der Waals surface area contributed by atoms with E-state index in [-0.39, 0.29) is 0 Å². The fraction of sp³-hybridized carbons (Fsp3) is 0.545. The first kappa shape index (κ1) is 10.9. The standard InChI is InChI=1S/C11H15BrN2O/c1-8-5-10(12)11(13-6-8)14-7-9-3-2-4-15-9/h5-6,9H,2-4,7H2,1H3,(H,13,14). The van der Waals surface area contributed by atoms with Crippen molar-refractivity contribution < 1.29 is 4.74 Å². The van der Waals surface area contributed by atoms with Gasteiger partial charge in [-0.3, -0.25) is 0 Å². The first-order chi connectivity index (χ1) is 7.25. The molecule has 1 aliphatic rings. The van der Waals surface area contributed by atoms with Crippen molar-refractivity contribution in [2.45, 2.75) is 25.9 Å². The van der Waals surface area contributed by atoms with Crippen molar-refractivity contribution >= 4 is 21.7 Å². The molecule has 15 heavy (non-hydrogen) atoms. The first-order valence-electron chi connectivity index (χ1n) is 5.23. The molecule has 82 valence electrons. The maximum atomic E-state index is 5.53. The monoisotopic (exact) mass is 270 g/mol. The minimum absolute atomic E-state index is 0.347. The lowest BCUT2D eigenvalue weighted by Gasteiger charge is -2.12. The summed E-state index contributed by atoms with van der Waals surface area (Å²) in [6.45, 7) is 3.77. The van der Waals surface area contributed by atoms with Gasteiger partial charge in [-0.15, -0.1) is 0 Å². The molecule has 3 nitrogen and oxygen atoms in total. The van der Waals surface area contributed by atoms with Crippen molar-refractivity contribution in [3.05, 3.63) is 22.3 Å². The molecular formula is C11H15BrN2O. The van der Waals surface area contributed by atoms with Gasteiger partial charge in [0.2, 0.25) is 0 Å². The number of nitrogens with zero attached hydrogens (tertiary/aromatic N) is 1. The van der Waals surface area contributed by atoms with E-state index >= 15 is 0 Å². The van der Waals surface area contributed by atoms with Crippen molar-refractivity contribution in [2.24, 2.45) is 0 Å². The van der Waals surface area contributed by atoms with E-state index in [0.717, 1.165) is 35.4 Å². The second-order valence-electron chi connectivity index (χ2n) is 3.86. The average Bonchev–Trinajstić information content (AvgIpc) is 2.69. The average molecular weight is 271 g/mol. The molecular weight excluding hydrogens is 256 g/mol. The minimum atomic E-state index is 0.347. The SMILES string of the molecule is Cc1cnc(NCC2CCCO2)c(Br)c1. The highest BCUT2D eigenvalue weighted by Gasteiger charge is 2.15. The van der Waals surface area contributed by atoms with Crippen LogP contribution in [0.2, 0.25) is 0 Å². The zero-order valence-electron chi connectivity index (χ0n) is 8.79. The van der Waals surface area contributed by atoms with E-state index < -0.39 is 0 Å². The number of pyridine rings is 1. The van der Waals surface area contributed by atoms with Crippen LogP contribution in [0.3, 0.4) is 0 Å². The molecule has 1 atom stereocenters. The van der Waals surface area contributed by atoms with E-state index in [2.05, 4.69) is 32.3 Å². The normalized spacial score (nSPS) is 20.5. The first-order valence-corrected chi connectivity index (χ1v) is 6.02. The molecule has 0 radical (unpaired) electrons. The molecule has 1 aromatic heterocycles. The van der Waals surface area contributed by atoms with Crippen molar-refractivity contribution in [3.63, 3.8) is 0 Å². The zero-order valence-corrected chi connectivity index (χ0v) is 10.4. The lowest BCUT2D eigenvalue weighted by molar-refractivity contribution is 0.120. The molecule has 0 spiro atoms. The summed E-state index contributed by atoms with van der Waals surface area (Å²) in [5, 5.41) is 3.30. The van der Waals surface area contributed by atoms with E-state index in [4.69, 9.17) is 4.74 Å². The maximum Gasteiger partial charge on any atom is 0.140 e. The van der Waals surface area contributed by atoms with Gasteiger partial charge in [-0.25, -0.2) is 4.98 Å². The Kier molecular flexibility index (Phi) is 3.59. The van der Waals surface area contributed by atoms with Crippen LogP contribution in [0.1, 0.15) is 18.4 Å². The maximum absolute atomic E-state index is 5.53. The summed E-state index contributed by atoms with van der Waals surface area (Å²) in [6.07, 6.45) is 4.54. The minimum Gasteiger partial charge on any atom is -0.376 e. The van der Waals surface area contributed by atoms with Gasteiger partial charge in [-0.1, -0.05) is 0 Å². The highest BCUT2D eigenvalue weighted by Crippen LogP contribution is 2.21. The van der Waals surface area contributed by atoms with E-state index in [0.29, 0.717) is 6.10 Å². The molecule has 1 aromatic rings. The Hall–Kier alpha value is -0.610. The number of anilines is 1. The Labute approximate surface area is 98.4 Å². The predicted molar refractivity (Wildman–Crippen MR) is 64.1 cm³/mol. The van der Waals surface area contributed by atoms with Crippen LogP contribution in [0.15, 0.2) is 16.7 Å². The molecule has 0 amide bonds. The topological polar surface area (TPSA) is 34.2 Å². The van der Waals surface area contributed by atoms with Crippen LogP contribution in [0.5, 0.6) is 0 Å². The molecule has 1 unspecified atom stereocenters. The molecule has 2 heterocycles. The van der Waals surface area contributed by atoms with Crippen molar-refractivity contribution in [2.75, 3.05) is 18.5 Å². The van der Waals surface area contributed by atoms with E-state index in [1.54, 1.807) is 0 Å². The van der Waals surface area contributed by atoms with E-state index in [1.165, 1.54) is 6.42 Å². The second-order valence-corrected chi connectivity index (χ2v) is 4.71. The molecule has 1 aliphatic heterocycles. The quantitative estimate of drug-likeness (QED) is 0.917. The molecule has 1 fully saturated rings. The number of nitrogens with one attached hydrogen (secondary N) is 1. The van der Waals surface area contributed by atoms with Gasteiger partial charge in [0.05, 0.1) is 10.6 Å². The number of halogens is 1. The van der Waals surface area contributed by atoms with Gasteiger partial charge in [0.1, 0.15) is 5.82 Å². The van der Waals surface area contributed by atoms with Gasteiger partial charge < -0.3 is 10.1 Å². The third kappa shape index (κ3) is 2.92. The fourth-order valence-corrected chi connectivity index (χ4v) is 2.28. The third-order valence-electron chi connectivity index (χ3n) is 2.50. The fourth-order valence-electron chi connectivity index (χ4n) is 1.68. The highest BCUT2D eigenvalue weighted by atomic mass is 79.9. The van der Waals surface area contributed by atoms with Crippen LogP contribution in [0.4, 0.5) is 5.82 Å². The Morgan fingerprint density at radius 1 is 1.67 bits per heavy atom. The summed E-state index contributed by atoms with van der Waals surface area (Å²) in [6, 6.07) is 2.06. The summed E-state index contributed by atoms with van der Waals surface area (Å²) >= 11 is 3.49. The number of rotatable bonds is 3. The van der Waals surface area contributed by atoms with Gasteiger partial charge in [-0.2, -0.15) is 0 Å². The third-order valence-corrected chi connectivity index (χ3v) is 3.10. The highest BCUT2D eigenvalue weighted by molar-refractivity contribution is 9.10. The van der Waals surface area contributed by atoms with E-state index in [9.17, 15) is 0 Å². The van der Waals surface area contributed by atoms with Crippen LogP contribution >= 0.6 is 15.9 Å². The van der Waals surface area contributed by atoms with Crippen LogP contribution in [-0.2, 0) is 4.74 Å². The van der Waals surface area contributed by atoms with E-state index in [1.807, 2.05) is 13.1 Å². The van der Waals surface area contributed by atoms with Gasteiger partial charge >= 0.3 is 0 Å². The largest absolute Gasteiger partial charge is 0.376 e. The van der Waals surface area contributed by atoms with Crippen LogP contribution in [-0.4, -0.2) is 24.2 Å². The van der Waals surface area contributed by atoms with Gasteiger partial charge in [0.25, 0.3) is 0 Å². The van der Waals surface area contributed by atoms with Gasteiger partial charge in [0, 0.05) is 19.3 Å². The van der Waals surface area contributed by atoms with Crippen LogP contribution in [0, 0.1) is 6.92 Å². The Morgan fingerprint density at radius 3 is 3.20 bits per heavy atom. The number of ether oxygens (including phenoxy) is 1. The molecule has 1 N–H and O–H groups in total. The van der Waals surface area contributed by atoms with Crippen LogP contribution < -0.4 is 5.32 Å². The number of aromatic nitrogens is 1. The number of aryl methyl sites for hydroxylation is 1. The zero-order chi connectivity index (χ0) is 10.7. The summed E-state index contributed by atoms with van der Waals surface area (Å²) in [5.41, 5.74) is 1.16. The van der Waals surface area contributed by atoms with Crippen molar-refractivity contribution in [1.29, 1.82) is 0 Å². The Balaban J connectivity index is 1.92. The Bertz CT molecular complexity index is 337. The second kappa shape index (κ2) is 4.94. The molecule has 0 aromatic carbocycles. The summed E-state index contributed by atoms with van der Waals surface area (Å²) in [4.78, 5) is 4.33. The lowest BCUT2D eigenvalue weighted by Crippen LogP contribution is -2.19. The number of hydrogen-bond acceptors (Lipinski definition) is 3. The summed E-state index contributed by atoms with van der Waals surface area (Å²) in [5.74, 6) is 0.899. The predicted octanol–water partition coefficient (Wildman–Crippen LogP) is 2.74. The van der Waals surface area contributed by atoms with Gasteiger partial charge in [0.15, 0.2) is 0 Å². The molecule has 1 saturated heterocycles. The van der Waals surface area contributed by atoms with Gasteiger partial charge in [-0.05, 0) is 47.3 Å².